The molecule has 0 bridgehead atoms. The van der Waals surface area contributed by atoms with Crippen LogP contribution in [0.3, 0.4) is 0 Å². The quantitative estimate of drug-likeness (QED) is 0.657. The van der Waals surface area contributed by atoms with Gasteiger partial charge in [-0.05, 0) is 6.07 Å². The molecule has 0 saturated carbocycles. The number of nitro groups is 1. The first kappa shape index (κ1) is 10.8. The van der Waals surface area contributed by atoms with Gasteiger partial charge in [-0.2, -0.15) is 0 Å². The summed E-state index contributed by atoms with van der Waals surface area (Å²) in [5.74, 6) is 0. The Morgan fingerprint density at radius 2 is 2.19 bits per heavy atom. The summed E-state index contributed by atoms with van der Waals surface area (Å²) >= 11 is 6.96. The van der Waals surface area contributed by atoms with Crippen LogP contribution in [0.5, 0.6) is 0 Å². The summed E-state index contributed by atoms with van der Waals surface area (Å²) in [6.45, 7) is 0. The predicted octanol–water partition coefficient (Wildman–Crippen LogP) is 2.35. The largest absolute Gasteiger partial charge is 0.374 e. The molecular weight excluding hydrogens is 252 g/mol. The molecule has 0 atom stereocenters. The van der Waals surface area contributed by atoms with Gasteiger partial charge in [0.15, 0.2) is 5.01 Å². The number of nitrogens with zero attached hydrogens (tertiary/aromatic N) is 3. The summed E-state index contributed by atoms with van der Waals surface area (Å²) in [5.41, 5.74) is 5.57. The normalized spacial score (nSPS) is 10.3. The van der Waals surface area contributed by atoms with Crippen molar-refractivity contribution in [3.8, 4) is 10.6 Å². The highest BCUT2D eigenvalue weighted by Gasteiger charge is 2.21. The molecule has 0 aliphatic carbocycles. The van der Waals surface area contributed by atoms with Crippen molar-refractivity contribution >= 4 is 33.8 Å². The molecule has 0 fully saturated rings. The predicted molar refractivity (Wildman–Crippen MR) is 61.4 cm³/mol. The van der Waals surface area contributed by atoms with Crippen molar-refractivity contribution in [1.29, 1.82) is 0 Å². The van der Waals surface area contributed by atoms with Gasteiger partial charge in [0.05, 0.1) is 9.95 Å². The summed E-state index contributed by atoms with van der Waals surface area (Å²) in [4.78, 5) is 10.3. The number of nitrogen functional groups attached to an aromatic ring is 1. The van der Waals surface area contributed by atoms with Crippen LogP contribution in [0, 0.1) is 10.1 Å². The van der Waals surface area contributed by atoms with E-state index < -0.39 is 4.92 Å². The van der Waals surface area contributed by atoms with E-state index in [1.54, 1.807) is 6.07 Å². The van der Waals surface area contributed by atoms with Gasteiger partial charge in [0.25, 0.3) is 5.69 Å². The molecule has 6 nitrogen and oxygen atoms in total. The van der Waals surface area contributed by atoms with Gasteiger partial charge in [-0.15, -0.1) is 10.2 Å². The molecule has 0 saturated heterocycles. The Hall–Kier alpha value is -1.73. The molecule has 0 radical (unpaired) electrons. The lowest BCUT2D eigenvalue weighted by Crippen LogP contribution is -1.92. The minimum Gasteiger partial charge on any atom is -0.374 e. The molecule has 0 aliphatic rings. The summed E-state index contributed by atoms with van der Waals surface area (Å²) in [7, 11) is 0. The molecule has 0 unspecified atom stereocenters. The Balaban J connectivity index is 2.67. The SMILES string of the molecule is Nc1nnc(-c2c(Cl)cccc2[N+](=O)[O-])s1. The van der Waals surface area contributed by atoms with Crippen molar-refractivity contribution in [1.82, 2.24) is 10.2 Å². The number of benzene rings is 1. The molecule has 1 aromatic carbocycles. The third kappa shape index (κ3) is 1.82. The number of nitrogens with two attached hydrogens (primary N) is 1. The molecule has 2 rings (SSSR count). The molecule has 1 heterocycles. The third-order valence-corrected chi connectivity index (χ3v) is 2.93. The van der Waals surface area contributed by atoms with E-state index >= 15 is 0 Å². The summed E-state index contributed by atoms with van der Waals surface area (Å²) in [5, 5.41) is 19.0. The Kier molecular flexibility index (Phi) is 2.71. The van der Waals surface area contributed by atoms with E-state index in [1.165, 1.54) is 12.1 Å². The van der Waals surface area contributed by atoms with Crippen LogP contribution in [0.15, 0.2) is 18.2 Å². The lowest BCUT2D eigenvalue weighted by molar-refractivity contribution is -0.384. The summed E-state index contributed by atoms with van der Waals surface area (Å²) < 4.78 is 0. The molecule has 2 N–H and O–H groups in total. The van der Waals surface area contributed by atoms with Crippen molar-refractivity contribution in [3.63, 3.8) is 0 Å². The first-order valence-electron chi connectivity index (χ1n) is 4.12. The van der Waals surface area contributed by atoms with Gasteiger partial charge in [-0.25, -0.2) is 0 Å². The highest BCUT2D eigenvalue weighted by atomic mass is 35.5. The molecule has 0 amide bonds. The van der Waals surface area contributed by atoms with Gasteiger partial charge in [-0.3, -0.25) is 10.1 Å². The van der Waals surface area contributed by atoms with Crippen LogP contribution in [0.4, 0.5) is 10.8 Å². The lowest BCUT2D eigenvalue weighted by atomic mass is 10.2. The third-order valence-electron chi connectivity index (χ3n) is 1.84. The first-order chi connectivity index (χ1) is 7.59. The second kappa shape index (κ2) is 4.03. The molecule has 2 aromatic rings. The van der Waals surface area contributed by atoms with Crippen molar-refractivity contribution in [2.24, 2.45) is 0 Å². The van der Waals surface area contributed by atoms with Crippen molar-refractivity contribution in [3.05, 3.63) is 33.3 Å². The molecule has 8 heteroatoms. The van der Waals surface area contributed by atoms with Crippen molar-refractivity contribution < 1.29 is 4.92 Å². The lowest BCUT2D eigenvalue weighted by Gasteiger charge is -2.00. The maximum Gasteiger partial charge on any atom is 0.281 e. The second-order valence-corrected chi connectivity index (χ2v) is 4.25. The molecule has 0 spiro atoms. The van der Waals surface area contributed by atoms with E-state index in [-0.39, 0.29) is 21.4 Å². The number of rotatable bonds is 2. The van der Waals surface area contributed by atoms with E-state index in [0.29, 0.717) is 5.01 Å². The van der Waals surface area contributed by atoms with Gasteiger partial charge in [0.2, 0.25) is 5.13 Å². The monoisotopic (exact) mass is 256 g/mol. The Bertz CT molecular complexity index is 557. The summed E-state index contributed by atoms with van der Waals surface area (Å²) in [6, 6.07) is 4.43. The number of halogens is 1. The highest BCUT2D eigenvalue weighted by Crippen LogP contribution is 2.37. The van der Waals surface area contributed by atoms with Gasteiger partial charge in [0, 0.05) is 6.07 Å². The standard InChI is InChI=1S/C8H5ClN4O2S/c9-4-2-1-3-5(13(14)15)6(4)7-11-12-8(10)16-7/h1-3H,(H2,10,12). The highest BCUT2D eigenvalue weighted by molar-refractivity contribution is 7.18. The van der Waals surface area contributed by atoms with Crippen LogP contribution in [-0.2, 0) is 0 Å². The van der Waals surface area contributed by atoms with E-state index in [1.807, 2.05) is 0 Å². The maximum atomic E-state index is 10.8. The fourth-order valence-corrected chi connectivity index (χ4v) is 2.21. The minimum absolute atomic E-state index is 0.108. The van der Waals surface area contributed by atoms with Crippen molar-refractivity contribution in [2.75, 3.05) is 5.73 Å². The van der Waals surface area contributed by atoms with Crippen LogP contribution in [0.25, 0.3) is 10.6 Å². The fourth-order valence-electron chi connectivity index (χ4n) is 1.21. The zero-order chi connectivity index (χ0) is 11.7. The average Bonchev–Trinajstić information content (AvgIpc) is 2.64. The number of hydrogen-bond donors (Lipinski definition) is 1. The van der Waals surface area contributed by atoms with E-state index in [4.69, 9.17) is 17.3 Å². The van der Waals surface area contributed by atoms with Crippen LogP contribution < -0.4 is 5.73 Å². The van der Waals surface area contributed by atoms with Gasteiger partial charge in [-0.1, -0.05) is 29.0 Å². The van der Waals surface area contributed by atoms with Crippen LogP contribution in [0.1, 0.15) is 0 Å². The second-order valence-electron chi connectivity index (χ2n) is 2.84. The Labute approximate surface area is 98.8 Å². The number of aromatic nitrogens is 2. The van der Waals surface area contributed by atoms with Gasteiger partial charge < -0.3 is 5.73 Å². The minimum atomic E-state index is -0.515. The van der Waals surface area contributed by atoms with Crippen LogP contribution in [0.2, 0.25) is 5.02 Å². The Morgan fingerprint density at radius 3 is 2.75 bits per heavy atom. The fraction of sp³-hybridized carbons (Fsp3) is 0. The summed E-state index contributed by atoms with van der Waals surface area (Å²) in [6.07, 6.45) is 0. The maximum absolute atomic E-state index is 10.8. The van der Waals surface area contributed by atoms with Crippen LogP contribution >= 0.6 is 22.9 Å². The topological polar surface area (TPSA) is 94.9 Å². The number of anilines is 1. The van der Waals surface area contributed by atoms with Gasteiger partial charge >= 0.3 is 0 Å². The van der Waals surface area contributed by atoms with Crippen LogP contribution in [-0.4, -0.2) is 15.1 Å². The zero-order valence-corrected chi connectivity index (χ0v) is 9.33. The zero-order valence-electron chi connectivity index (χ0n) is 7.75. The molecule has 16 heavy (non-hydrogen) atoms. The molecule has 0 aliphatic heterocycles. The van der Waals surface area contributed by atoms with Gasteiger partial charge in [0.1, 0.15) is 5.56 Å². The van der Waals surface area contributed by atoms with E-state index in [0.717, 1.165) is 11.3 Å². The van der Waals surface area contributed by atoms with E-state index in [9.17, 15) is 10.1 Å². The number of nitro benzene ring substituents is 1. The molecular formula is C8H5ClN4O2S. The van der Waals surface area contributed by atoms with E-state index in [2.05, 4.69) is 10.2 Å². The molecule has 82 valence electrons. The first-order valence-corrected chi connectivity index (χ1v) is 5.31. The van der Waals surface area contributed by atoms with Crippen molar-refractivity contribution in [2.45, 2.75) is 0 Å². The number of hydrogen-bond acceptors (Lipinski definition) is 6. The Morgan fingerprint density at radius 1 is 1.44 bits per heavy atom. The smallest absolute Gasteiger partial charge is 0.281 e. The molecule has 1 aromatic heterocycles. The average molecular weight is 257 g/mol.